The van der Waals surface area contributed by atoms with Crippen molar-refractivity contribution in [3.63, 3.8) is 0 Å². The Morgan fingerprint density at radius 3 is 2.50 bits per heavy atom. The number of hydrogen-bond donors (Lipinski definition) is 2. The van der Waals surface area contributed by atoms with Crippen LogP contribution >= 0.6 is 0 Å². The van der Waals surface area contributed by atoms with Crippen molar-refractivity contribution in [3.05, 3.63) is 23.8 Å². The first kappa shape index (κ1) is 14.7. The molecule has 1 amide bonds. The normalized spacial score (nSPS) is 22.1. The number of benzene rings is 1. The Morgan fingerprint density at radius 1 is 1.30 bits per heavy atom. The molecule has 0 radical (unpaired) electrons. The summed E-state index contributed by atoms with van der Waals surface area (Å²) in [5.74, 6) is 1.33. The molecule has 5 heteroatoms. The third-order valence-electron chi connectivity index (χ3n) is 3.76. The molecule has 2 rings (SSSR count). The van der Waals surface area contributed by atoms with E-state index in [1.807, 2.05) is 6.07 Å². The van der Waals surface area contributed by atoms with Crippen LogP contribution in [0.15, 0.2) is 18.2 Å². The second-order valence-corrected chi connectivity index (χ2v) is 5.09. The van der Waals surface area contributed by atoms with E-state index >= 15 is 0 Å². The maximum atomic E-state index is 12.5. The maximum absolute atomic E-state index is 12.5. The molecule has 0 saturated carbocycles. The number of rotatable bonds is 4. The molecule has 20 heavy (non-hydrogen) atoms. The second kappa shape index (κ2) is 6.61. The highest BCUT2D eigenvalue weighted by molar-refractivity contribution is 5.99. The standard InChI is InChI=1S/C15H22N2O3/c1-10-9-16-8-7-11(10)17-15(18)14-12(19-2)5-4-6-13(14)20-3/h4-6,10-11,16H,7-9H2,1-3H3,(H,17,18). The number of carbonyl (C=O) groups excluding carboxylic acids is 1. The first-order valence-electron chi connectivity index (χ1n) is 6.90. The monoisotopic (exact) mass is 278 g/mol. The van der Waals surface area contributed by atoms with Gasteiger partial charge in [-0.1, -0.05) is 13.0 Å². The van der Waals surface area contributed by atoms with E-state index in [1.54, 1.807) is 26.4 Å². The summed E-state index contributed by atoms with van der Waals surface area (Å²) in [4.78, 5) is 12.5. The Bertz CT molecular complexity index is 454. The predicted molar refractivity (Wildman–Crippen MR) is 77.5 cm³/mol. The van der Waals surface area contributed by atoms with Gasteiger partial charge >= 0.3 is 0 Å². The van der Waals surface area contributed by atoms with Crippen molar-refractivity contribution in [2.75, 3.05) is 27.3 Å². The van der Waals surface area contributed by atoms with E-state index in [0.29, 0.717) is 23.0 Å². The molecule has 1 aliphatic rings. The quantitative estimate of drug-likeness (QED) is 0.875. The smallest absolute Gasteiger partial charge is 0.259 e. The van der Waals surface area contributed by atoms with Crippen LogP contribution in [0.5, 0.6) is 11.5 Å². The summed E-state index contributed by atoms with van der Waals surface area (Å²) < 4.78 is 10.5. The second-order valence-electron chi connectivity index (χ2n) is 5.09. The summed E-state index contributed by atoms with van der Waals surface area (Å²) in [7, 11) is 3.11. The van der Waals surface area contributed by atoms with Crippen molar-refractivity contribution in [2.45, 2.75) is 19.4 Å². The molecule has 1 fully saturated rings. The maximum Gasteiger partial charge on any atom is 0.259 e. The van der Waals surface area contributed by atoms with Gasteiger partial charge in [0.2, 0.25) is 0 Å². The molecule has 1 heterocycles. The van der Waals surface area contributed by atoms with Gasteiger partial charge in [0.05, 0.1) is 14.2 Å². The molecule has 2 unspecified atom stereocenters. The van der Waals surface area contributed by atoms with Gasteiger partial charge in [-0.25, -0.2) is 0 Å². The van der Waals surface area contributed by atoms with Crippen LogP contribution in [0.2, 0.25) is 0 Å². The third-order valence-corrected chi connectivity index (χ3v) is 3.76. The lowest BCUT2D eigenvalue weighted by Gasteiger charge is -2.30. The Balaban J connectivity index is 2.20. The fourth-order valence-electron chi connectivity index (χ4n) is 2.54. The van der Waals surface area contributed by atoms with Crippen molar-refractivity contribution >= 4 is 5.91 Å². The number of amides is 1. The van der Waals surface area contributed by atoms with Crippen LogP contribution in [0.1, 0.15) is 23.7 Å². The van der Waals surface area contributed by atoms with E-state index in [9.17, 15) is 4.79 Å². The number of carbonyl (C=O) groups is 1. The molecule has 0 spiro atoms. The summed E-state index contributed by atoms with van der Waals surface area (Å²) in [6.07, 6.45) is 0.935. The average molecular weight is 278 g/mol. The minimum atomic E-state index is -0.141. The summed E-state index contributed by atoms with van der Waals surface area (Å²) in [6, 6.07) is 5.52. The lowest BCUT2D eigenvalue weighted by Crippen LogP contribution is -2.48. The fraction of sp³-hybridized carbons (Fsp3) is 0.533. The van der Waals surface area contributed by atoms with Gasteiger partial charge in [0.25, 0.3) is 5.91 Å². The Kier molecular flexibility index (Phi) is 4.84. The topological polar surface area (TPSA) is 59.6 Å². The van der Waals surface area contributed by atoms with Crippen molar-refractivity contribution in [2.24, 2.45) is 5.92 Å². The van der Waals surface area contributed by atoms with Crippen LogP contribution in [0, 0.1) is 5.92 Å². The van der Waals surface area contributed by atoms with Crippen molar-refractivity contribution in [1.82, 2.24) is 10.6 Å². The molecule has 2 N–H and O–H groups in total. The summed E-state index contributed by atoms with van der Waals surface area (Å²) in [6.45, 7) is 3.99. The highest BCUT2D eigenvalue weighted by Gasteiger charge is 2.26. The molecule has 2 atom stereocenters. The van der Waals surface area contributed by atoms with Gasteiger partial charge in [-0.3, -0.25) is 4.79 Å². The van der Waals surface area contributed by atoms with Gasteiger partial charge < -0.3 is 20.1 Å². The lowest BCUT2D eigenvalue weighted by molar-refractivity contribution is 0.0908. The first-order chi connectivity index (χ1) is 9.67. The van der Waals surface area contributed by atoms with Gasteiger partial charge in [0.1, 0.15) is 17.1 Å². The zero-order valence-electron chi connectivity index (χ0n) is 12.2. The Labute approximate surface area is 119 Å². The van der Waals surface area contributed by atoms with Crippen LogP contribution < -0.4 is 20.1 Å². The van der Waals surface area contributed by atoms with E-state index in [-0.39, 0.29) is 11.9 Å². The van der Waals surface area contributed by atoms with E-state index < -0.39 is 0 Å². The summed E-state index contributed by atoms with van der Waals surface area (Å²) >= 11 is 0. The number of hydrogen-bond acceptors (Lipinski definition) is 4. The lowest BCUT2D eigenvalue weighted by atomic mass is 9.95. The number of ether oxygens (including phenoxy) is 2. The number of nitrogens with one attached hydrogen (secondary N) is 2. The largest absolute Gasteiger partial charge is 0.496 e. The highest BCUT2D eigenvalue weighted by atomic mass is 16.5. The molecule has 0 bridgehead atoms. The highest BCUT2D eigenvalue weighted by Crippen LogP contribution is 2.28. The molecule has 110 valence electrons. The first-order valence-corrected chi connectivity index (χ1v) is 6.90. The zero-order chi connectivity index (χ0) is 14.5. The van der Waals surface area contributed by atoms with Crippen molar-refractivity contribution in [3.8, 4) is 11.5 Å². The minimum absolute atomic E-state index is 0.141. The van der Waals surface area contributed by atoms with Crippen LogP contribution in [-0.4, -0.2) is 39.3 Å². The van der Waals surface area contributed by atoms with Gasteiger partial charge in [0.15, 0.2) is 0 Å². The van der Waals surface area contributed by atoms with Crippen molar-refractivity contribution < 1.29 is 14.3 Å². The number of methoxy groups -OCH3 is 2. The molecule has 1 aromatic rings. The van der Waals surface area contributed by atoms with Gasteiger partial charge in [-0.05, 0) is 37.6 Å². The number of piperidine rings is 1. The Hall–Kier alpha value is -1.75. The van der Waals surface area contributed by atoms with E-state index in [0.717, 1.165) is 19.5 Å². The van der Waals surface area contributed by atoms with Crippen LogP contribution in [0.25, 0.3) is 0 Å². The van der Waals surface area contributed by atoms with E-state index in [4.69, 9.17) is 9.47 Å². The van der Waals surface area contributed by atoms with Crippen LogP contribution in [0.3, 0.4) is 0 Å². The summed E-state index contributed by atoms with van der Waals surface area (Å²) in [5, 5.41) is 6.42. The van der Waals surface area contributed by atoms with Gasteiger partial charge in [-0.15, -0.1) is 0 Å². The van der Waals surface area contributed by atoms with Gasteiger partial charge in [-0.2, -0.15) is 0 Å². The predicted octanol–water partition coefficient (Wildman–Crippen LogP) is 1.43. The molecular formula is C15H22N2O3. The van der Waals surface area contributed by atoms with Crippen molar-refractivity contribution in [1.29, 1.82) is 0 Å². The van der Waals surface area contributed by atoms with E-state index in [1.165, 1.54) is 0 Å². The fourth-order valence-corrected chi connectivity index (χ4v) is 2.54. The Morgan fingerprint density at radius 2 is 1.95 bits per heavy atom. The molecule has 5 nitrogen and oxygen atoms in total. The average Bonchev–Trinajstić information content (AvgIpc) is 2.48. The SMILES string of the molecule is COc1cccc(OC)c1C(=O)NC1CCNCC1C. The van der Waals surface area contributed by atoms with Crippen LogP contribution in [-0.2, 0) is 0 Å². The molecule has 0 aromatic heterocycles. The molecule has 0 aliphatic carbocycles. The third kappa shape index (κ3) is 3.04. The zero-order valence-corrected chi connectivity index (χ0v) is 12.2. The molecule has 1 aliphatic heterocycles. The molecular weight excluding hydrogens is 256 g/mol. The summed E-state index contributed by atoms with van der Waals surface area (Å²) in [5.41, 5.74) is 0.461. The minimum Gasteiger partial charge on any atom is -0.496 e. The molecule has 1 saturated heterocycles. The van der Waals surface area contributed by atoms with Crippen LogP contribution in [0.4, 0.5) is 0 Å². The van der Waals surface area contributed by atoms with Gasteiger partial charge in [0, 0.05) is 6.04 Å². The molecule has 1 aromatic carbocycles. The van der Waals surface area contributed by atoms with E-state index in [2.05, 4.69) is 17.6 Å².